The first-order valence-electron chi connectivity index (χ1n) is 7.92. The van der Waals surface area contributed by atoms with Gasteiger partial charge in [0.05, 0.1) is 6.10 Å². The zero-order valence-electron chi connectivity index (χ0n) is 11.9. The van der Waals surface area contributed by atoms with Crippen molar-refractivity contribution in [2.45, 2.75) is 76.5 Å². The summed E-state index contributed by atoms with van der Waals surface area (Å²) in [6.07, 6.45) is 10.7. The van der Waals surface area contributed by atoms with Crippen LogP contribution in [0.2, 0.25) is 0 Å². The minimum absolute atomic E-state index is 0.509. The lowest BCUT2D eigenvalue weighted by atomic mass is 9.92. The molecule has 18 heavy (non-hydrogen) atoms. The fourth-order valence-corrected chi connectivity index (χ4v) is 3.69. The minimum atomic E-state index is 0.509. The zero-order chi connectivity index (χ0) is 12.8. The van der Waals surface area contributed by atoms with Crippen LogP contribution in [-0.2, 0) is 4.74 Å². The molecule has 3 nitrogen and oxygen atoms in total. The Morgan fingerprint density at radius 1 is 1.22 bits per heavy atom. The molecule has 3 unspecified atom stereocenters. The van der Waals surface area contributed by atoms with Crippen molar-refractivity contribution in [2.24, 2.45) is 5.73 Å². The molecule has 0 saturated carbocycles. The van der Waals surface area contributed by atoms with E-state index in [9.17, 15) is 0 Å². The van der Waals surface area contributed by atoms with Crippen molar-refractivity contribution < 1.29 is 4.74 Å². The number of hydrogen-bond donors (Lipinski definition) is 1. The largest absolute Gasteiger partial charge is 0.378 e. The van der Waals surface area contributed by atoms with E-state index < -0.39 is 0 Å². The maximum atomic E-state index is 5.88. The van der Waals surface area contributed by atoms with Gasteiger partial charge >= 0.3 is 0 Å². The topological polar surface area (TPSA) is 38.5 Å². The number of nitrogens with two attached hydrogens (primary N) is 1. The Morgan fingerprint density at radius 3 is 2.89 bits per heavy atom. The molecule has 2 saturated heterocycles. The van der Waals surface area contributed by atoms with Gasteiger partial charge in [0, 0.05) is 18.7 Å². The summed E-state index contributed by atoms with van der Waals surface area (Å²) in [6, 6.07) is 1.50. The van der Waals surface area contributed by atoms with E-state index in [0.717, 1.165) is 25.2 Å². The fourth-order valence-electron chi connectivity index (χ4n) is 3.69. The number of ether oxygens (including phenoxy) is 1. The Bertz CT molecular complexity index is 231. The molecule has 0 aromatic heterocycles. The highest BCUT2D eigenvalue weighted by Gasteiger charge is 2.32. The Labute approximate surface area is 112 Å². The van der Waals surface area contributed by atoms with Crippen LogP contribution < -0.4 is 5.73 Å². The second kappa shape index (κ2) is 7.46. The van der Waals surface area contributed by atoms with E-state index in [4.69, 9.17) is 10.5 Å². The molecule has 0 amide bonds. The third-order valence-electron chi connectivity index (χ3n) is 4.59. The Balaban J connectivity index is 1.90. The summed E-state index contributed by atoms with van der Waals surface area (Å²) < 4.78 is 5.88. The van der Waals surface area contributed by atoms with E-state index in [1.54, 1.807) is 0 Å². The first-order chi connectivity index (χ1) is 8.85. The van der Waals surface area contributed by atoms with Gasteiger partial charge in [0.25, 0.3) is 0 Å². The highest BCUT2D eigenvalue weighted by molar-refractivity contribution is 4.86. The summed E-state index contributed by atoms with van der Waals surface area (Å²) >= 11 is 0. The normalized spacial score (nSPS) is 34.7. The molecule has 2 heterocycles. The van der Waals surface area contributed by atoms with Crippen molar-refractivity contribution in [2.75, 3.05) is 19.7 Å². The number of piperidine rings is 1. The molecule has 3 heteroatoms. The van der Waals surface area contributed by atoms with Gasteiger partial charge in [0.2, 0.25) is 0 Å². The van der Waals surface area contributed by atoms with E-state index in [1.165, 1.54) is 57.9 Å². The molecule has 3 atom stereocenters. The molecule has 0 aliphatic carbocycles. The highest BCUT2D eigenvalue weighted by Crippen LogP contribution is 2.29. The zero-order valence-corrected chi connectivity index (χ0v) is 11.9. The average molecular weight is 254 g/mol. The molecule has 0 bridgehead atoms. The first-order valence-corrected chi connectivity index (χ1v) is 7.92. The summed E-state index contributed by atoms with van der Waals surface area (Å²) in [6.45, 7) is 5.34. The molecule has 2 aliphatic heterocycles. The van der Waals surface area contributed by atoms with Crippen molar-refractivity contribution in [3.8, 4) is 0 Å². The van der Waals surface area contributed by atoms with Crippen LogP contribution in [0.15, 0.2) is 0 Å². The van der Waals surface area contributed by atoms with Crippen LogP contribution in [0.4, 0.5) is 0 Å². The van der Waals surface area contributed by atoms with Crippen LogP contribution in [0.1, 0.15) is 58.3 Å². The monoisotopic (exact) mass is 254 g/mol. The van der Waals surface area contributed by atoms with Crippen LogP contribution in [0.25, 0.3) is 0 Å². The molecule has 0 radical (unpaired) electrons. The number of nitrogens with zero attached hydrogens (tertiary/aromatic N) is 1. The van der Waals surface area contributed by atoms with Crippen molar-refractivity contribution in [1.29, 1.82) is 0 Å². The first kappa shape index (κ1) is 14.3. The van der Waals surface area contributed by atoms with Crippen LogP contribution in [-0.4, -0.2) is 42.8 Å². The lowest BCUT2D eigenvalue weighted by Gasteiger charge is -2.44. The van der Waals surface area contributed by atoms with Gasteiger partial charge in [-0.2, -0.15) is 0 Å². The third kappa shape index (κ3) is 3.69. The van der Waals surface area contributed by atoms with Crippen LogP contribution in [0.3, 0.4) is 0 Å². The molecule has 0 aromatic carbocycles. The Morgan fingerprint density at radius 2 is 2.11 bits per heavy atom. The van der Waals surface area contributed by atoms with Crippen molar-refractivity contribution in [3.63, 3.8) is 0 Å². The molecular formula is C15H30N2O. The number of likely N-dealkylation sites (tertiary alicyclic amines) is 1. The highest BCUT2D eigenvalue weighted by atomic mass is 16.5. The van der Waals surface area contributed by atoms with Crippen LogP contribution in [0.5, 0.6) is 0 Å². The Kier molecular flexibility index (Phi) is 5.93. The number of rotatable bonds is 5. The predicted octanol–water partition coefficient (Wildman–Crippen LogP) is 2.54. The lowest BCUT2D eigenvalue weighted by molar-refractivity contribution is -0.0469. The number of hydrogen-bond acceptors (Lipinski definition) is 3. The molecule has 2 rings (SSSR count). The van der Waals surface area contributed by atoms with Crippen molar-refractivity contribution >= 4 is 0 Å². The summed E-state index contributed by atoms with van der Waals surface area (Å²) in [5.74, 6) is 0. The molecular weight excluding hydrogens is 224 g/mol. The average Bonchev–Trinajstić information content (AvgIpc) is 2.40. The fraction of sp³-hybridized carbons (Fsp3) is 1.00. The smallest absolute Gasteiger partial charge is 0.0590 e. The second-order valence-corrected chi connectivity index (χ2v) is 5.92. The van der Waals surface area contributed by atoms with Gasteiger partial charge in [0.15, 0.2) is 0 Å². The van der Waals surface area contributed by atoms with Gasteiger partial charge in [0.1, 0.15) is 0 Å². The van der Waals surface area contributed by atoms with Crippen LogP contribution in [0, 0.1) is 0 Å². The summed E-state index contributed by atoms with van der Waals surface area (Å²) in [5.41, 5.74) is 5.77. The Hall–Kier alpha value is -0.120. The van der Waals surface area contributed by atoms with Gasteiger partial charge < -0.3 is 10.5 Å². The van der Waals surface area contributed by atoms with Gasteiger partial charge in [-0.25, -0.2) is 0 Å². The van der Waals surface area contributed by atoms with Crippen molar-refractivity contribution in [3.05, 3.63) is 0 Å². The molecule has 2 fully saturated rings. The van der Waals surface area contributed by atoms with Gasteiger partial charge in [-0.15, -0.1) is 0 Å². The predicted molar refractivity (Wildman–Crippen MR) is 75.7 cm³/mol. The van der Waals surface area contributed by atoms with E-state index in [-0.39, 0.29) is 0 Å². The summed E-state index contributed by atoms with van der Waals surface area (Å²) in [4.78, 5) is 2.77. The van der Waals surface area contributed by atoms with Crippen molar-refractivity contribution in [1.82, 2.24) is 4.90 Å². The van der Waals surface area contributed by atoms with E-state index in [0.29, 0.717) is 6.10 Å². The summed E-state index contributed by atoms with van der Waals surface area (Å²) in [7, 11) is 0. The van der Waals surface area contributed by atoms with E-state index in [2.05, 4.69) is 11.8 Å². The van der Waals surface area contributed by atoms with Gasteiger partial charge in [-0.3, -0.25) is 4.90 Å². The molecule has 0 spiro atoms. The lowest BCUT2D eigenvalue weighted by Crippen LogP contribution is -2.50. The van der Waals surface area contributed by atoms with Gasteiger partial charge in [-0.1, -0.05) is 19.8 Å². The minimum Gasteiger partial charge on any atom is -0.378 e. The van der Waals surface area contributed by atoms with Crippen LogP contribution >= 0.6 is 0 Å². The quantitative estimate of drug-likeness (QED) is 0.819. The third-order valence-corrected chi connectivity index (χ3v) is 4.59. The van der Waals surface area contributed by atoms with Gasteiger partial charge in [-0.05, 0) is 51.6 Å². The summed E-state index contributed by atoms with van der Waals surface area (Å²) in [5, 5.41) is 0. The molecule has 106 valence electrons. The maximum absolute atomic E-state index is 5.88. The SMILES string of the molecule is CCCC1CC(N2CCCCC2CCN)CCO1. The molecule has 2 aliphatic rings. The molecule has 0 aromatic rings. The second-order valence-electron chi connectivity index (χ2n) is 5.92. The van der Waals surface area contributed by atoms with E-state index in [1.807, 2.05) is 0 Å². The maximum Gasteiger partial charge on any atom is 0.0590 e. The van der Waals surface area contributed by atoms with E-state index >= 15 is 0 Å². The molecule has 2 N–H and O–H groups in total. The standard InChI is InChI=1S/C15H30N2O/c1-2-5-15-12-14(8-11-18-15)17-10-4-3-6-13(17)7-9-16/h13-15H,2-12,16H2,1H3.